The van der Waals surface area contributed by atoms with Gasteiger partial charge in [-0.3, -0.25) is 14.4 Å². The molecule has 0 atom stereocenters. The summed E-state index contributed by atoms with van der Waals surface area (Å²) in [4.78, 5) is 37.0. The molecule has 0 aliphatic rings. The van der Waals surface area contributed by atoms with Crippen molar-refractivity contribution in [3.8, 4) is 0 Å². The molecule has 0 spiro atoms. The Morgan fingerprint density at radius 1 is 1.24 bits per heavy atom. The van der Waals surface area contributed by atoms with E-state index in [1.54, 1.807) is 39.0 Å². The predicted octanol–water partition coefficient (Wildman–Crippen LogP) is 2.78. The molecular formula is C18H20N2O5. The first-order valence-electron chi connectivity index (χ1n) is 7.78. The number of carbonyl (C=O) groups excluding carboxylic acids is 2. The van der Waals surface area contributed by atoms with E-state index in [1.165, 1.54) is 23.3 Å². The Morgan fingerprint density at radius 2 is 1.96 bits per heavy atom. The number of aryl methyl sites for hydroxylation is 1. The molecule has 0 saturated carbocycles. The number of hydrogen-bond donors (Lipinski definition) is 2. The Labute approximate surface area is 145 Å². The van der Waals surface area contributed by atoms with Crippen LogP contribution in [-0.4, -0.2) is 40.4 Å². The minimum atomic E-state index is -1.08. The van der Waals surface area contributed by atoms with Crippen molar-refractivity contribution < 1.29 is 23.9 Å². The molecule has 25 heavy (non-hydrogen) atoms. The molecule has 1 heterocycles. The van der Waals surface area contributed by atoms with Crippen LogP contribution in [0.4, 0.5) is 5.69 Å². The number of carboxylic acids is 1. The van der Waals surface area contributed by atoms with Gasteiger partial charge in [0.2, 0.25) is 0 Å². The highest BCUT2D eigenvalue weighted by atomic mass is 16.4. The highest BCUT2D eigenvalue weighted by Gasteiger charge is 2.22. The number of carbonyl (C=O) groups is 3. The number of aliphatic carboxylic acids is 1. The van der Waals surface area contributed by atoms with Gasteiger partial charge in [0, 0.05) is 17.3 Å². The summed E-state index contributed by atoms with van der Waals surface area (Å²) >= 11 is 0. The normalized spacial score (nSPS) is 10.6. The maximum absolute atomic E-state index is 12.6. The second kappa shape index (κ2) is 7.65. The predicted molar refractivity (Wildman–Crippen MR) is 91.6 cm³/mol. The quantitative estimate of drug-likeness (QED) is 0.839. The monoisotopic (exact) mass is 344 g/mol. The molecule has 2 aromatic rings. The Morgan fingerprint density at radius 3 is 2.52 bits per heavy atom. The van der Waals surface area contributed by atoms with Crippen LogP contribution in [0.2, 0.25) is 0 Å². The van der Waals surface area contributed by atoms with Gasteiger partial charge in [-0.25, -0.2) is 0 Å². The molecule has 7 nitrogen and oxygen atoms in total. The van der Waals surface area contributed by atoms with Gasteiger partial charge in [-0.1, -0.05) is 6.07 Å². The summed E-state index contributed by atoms with van der Waals surface area (Å²) in [6.45, 7) is 4.89. The van der Waals surface area contributed by atoms with Gasteiger partial charge in [-0.2, -0.15) is 0 Å². The number of nitrogens with one attached hydrogen (secondary N) is 1. The van der Waals surface area contributed by atoms with E-state index in [9.17, 15) is 14.4 Å². The summed E-state index contributed by atoms with van der Waals surface area (Å²) < 4.78 is 5.05. The SMILES string of the molecule is Cc1ccc(C(=O)N(CC(=O)O)C(C)C)cc1NC(=O)c1ccco1. The Bertz CT molecular complexity index is 781. The topological polar surface area (TPSA) is 99.9 Å². The summed E-state index contributed by atoms with van der Waals surface area (Å²) in [5.41, 5.74) is 1.53. The molecule has 0 aliphatic heterocycles. The molecule has 0 saturated heterocycles. The molecule has 132 valence electrons. The van der Waals surface area contributed by atoms with Gasteiger partial charge in [0.15, 0.2) is 5.76 Å². The van der Waals surface area contributed by atoms with Crippen LogP contribution >= 0.6 is 0 Å². The van der Waals surface area contributed by atoms with Gasteiger partial charge in [-0.05, 0) is 50.6 Å². The van der Waals surface area contributed by atoms with Gasteiger partial charge >= 0.3 is 5.97 Å². The van der Waals surface area contributed by atoms with E-state index in [-0.39, 0.29) is 11.8 Å². The number of anilines is 1. The van der Waals surface area contributed by atoms with Crippen LogP contribution in [0.5, 0.6) is 0 Å². The fraction of sp³-hybridized carbons (Fsp3) is 0.278. The number of hydrogen-bond acceptors (Lipinski definition) is 4. The van der Waals surface area contributed by atoms with Crippen LogP contribution in [0.1, 0.15) is 40.3 Å². The van der Waals surface area contributed by atoms with Crippen LogP contribution in [0, 0.1) is 6.92 Å². The smallest absolute Gasteiger partial charge is 0.323 e. The number of nitrogens with zero attached hydrogens (tertiary/aromatic N) is 1. The molecule has 0 aliphatic carbocycles. The van der Waals surface area contributed by atoms with Crippen molar-refractivity contribution in [1.82, 2.24) is 4.90 Å². The van der Waals surface area contributed by atoms with E-state index in [2.05, 4.69) is 5.32 Å². The molecule has 2 N–H and O–H groups in total. The van der Waals surface area contributed by atoms with Crippen molar-refractivity contribution in [2.45, 2.75) is 26.8 Å². The van der Waals surface area contributed by atoms with Crippen molar-refractivity contribution in [1.29, 1.82) is 0 Å². The van der Waals surface area contributed by atoms with E-state index in [4.69, 9.17) is 9.52 Å². The maximum atomic E-state index is 12.6. The molecule has 0 radical (unpaired) electrons. The highest BCUT2D eigenvalue weighted by Crippen LogP contribution is 2.20. The van der Waals surface area contributed by atoms with Crippen LogP contribution in [0.25, 0.3) is 0 Å². The molecular weight excluding hydrogens is 324 g/mol. The van der Waals surface area contributed by atoms with E-state index >= 15 is 0 Å². The van der Waals surface area contributed by atoms with Crippen molar-refractivity contribution in [3.63, 3.8) is 0 Å². The number of amides is 2. The lowest BCUT2D eigenvalue weighted by atomic mass is 10.1. The molecule has 2 rings (SSSR count). The fourth-order valence-electron chi connectivity index (χ4n) is 2.28. The summed E-state index contributed by atoms with van der Waals surface area (Å²) in [5, 5.41) is 11.7. The standard InChI is InChI=1S/C18H20N2O5/c1-11(2)20(10-16(21)22)18(24)13-7-6-12(3)14(9-13)19-17(23)15-5-4-8-25-15/h4-9,11H,10H2,1-3H3,(H,19,23)(H,21,22). The Balaban J connectivity index is 2.26. The first-order chi connectivity index (χ1) is 11.8. The Kier molecular flexibility index (Phi) is 5.59. The summed E-state index contributed by atoms with van der Waals surface area (Å²) in [5.74, 6) is -1.76. The third-order valence-electron chi connectivity index (χ3n) is 3.67. The van der Waals surface area contributed by atoms with Gasteiger partial charge in [-0.15, -0.1) is 0 Å². The van der Waals surface area contributed by atoms with E-state index in [1.807, 2.05) is 0 Å². The summed E-state index contributed by atoms with van der Waals surface area (Å²) in [6.07, 6.45) is 1.40. The second-order valence-electron chi connectivity index (χ2n) is 5.88. The van der Waals surface area contributed by atoms with Gasteiger partial charge in [0.25, 0.3) is 11.8 Å². The summed E-state index contributed by atoms with van der Waals surface area (Å²) in [7, 11) is 0. The van der Waals surface area contributed by atoms with E-state index in [0.29, 0.717) is 11.3 Å². The second-order valence-corrected chi connectivity index (χ2v) is 5.88. The largest absolute Gasteiger partial charge is 0.480 e. The average Bonchev–Trinajstić information content (AvgIpc) is 3.08. The van der Waals surface area contributed by atoms with Crippen LogP contribution in [0.15, 0.2) is 41.0 Å². The zero-order chi connectivity index (χ0) is 18.6. The maximum Gasteiger partial charge on any atom is 0.323 e. The van der Waals surface area contributed by atoms with Gasteiger partial charge in [0.05, 0.1) is 6.26 Å². The van der Waals surface area contributed by atoms with Gasteiger partial charge < -0.3 is 19.7 Å². The first kappa shape index (κ1) is 18.3. The molecule has 1 aromatic carbocycles. The molecule has 0 bridgehead atoms. The average molecular weight is 344 g/mol. The lowest BCUT2D eigenvalue weighted by molar-refractivity contribution is -0.138. The molecule has 0 unspecified atom stereocenters. The first-order valence-corrected chi connectivity index (χ1v) is 7.78. The van der Waals surface area contributed by atoms with Crippen LogP contribution < -0.4 is 5.32 Å². The highest BCUT2D eigenvalue weighted by molar-refractivity contribution is 6.04. The number of furan rings is 1. The zero-order valence-corrected chi connectivity index (χ0v) is 14.3. The molecule has 7 heteroatoms. The molecule has 2 amide bonds. The van der Waals surface area contributed by atoms with E-state index < -0.39 is 24.3 Å². The van der Waals surface area contributed by atoms with Crippen molar-refractivity contribution >= 4 is 23.5 Å². The van der Waals surface area contributed by atoms with Crippen LogP contribution in [-0.2, 0) is 4.79 Å². The minimum absolute atomic E-state index is 0.158. The van der Waals surface area contributed by atoms with Crippen molar-refractivity contribution in [2.75, 3.05) is 11.9 Å². The fourth-order valence-corrected chi connectivity index (χ4v) is 2.28. The van der Waals surface area contributed by atoms with Gasteiger partial charge in [0.1, 0.15) is 6.54 Å². The third-order valence-corrected chi connectivity index (χ3v) is 3.67. The lowest BCUT2D eigenvalue weighted by Crippen LogP contribution is -2.40. The third kappa shape index (κ3) is 4.47. The van der Waals surface area contributed by atoms with Crippen LogP contribution in [0.3, 0.4) is 0 Å². The van der Waals surface area contributed by atoms with Crippen molar-refractivity contribution in [3.05, 3.63) is 53.5 Å². The number of benzene rings is 1. The number of carboxylic acid groups (broad SMARTS) is 1. The minimum Gasteiger partial charge on any atom is -0.480 e. The van der Waals surface area contributed by atoms with E-state index in [0.717, 1.165) is 5.56 Å². The summed E-state index contributed by atoms with van der Waals surface area (Å²) in [6, 6.07) is 7.71. The lowest BCUT2D eigenvalue weighted by Gasteiger charge is -2.25. The van der Waals surface area contributed by atoms with Crippen molar-refractivity contribution in [2.24, 2.45) is 0 Å². The molecule has 0 fully saturated rings. The molecule has 1 aromatic heterocycles. The Hall–Kier alpha value is -3.09. The number of rotatable bonds is 6. The zero-order valence-electron chi connectivity index (χ0n) is 14.3.